The highest BCUT2D eigenvalue weighted by atomic mass is 19.3. The third-order valence-corrected chi connectivity index (χ3v) is 13.5. The molecule has 3 N–H and O–H groups in total. The van der Waals surface area contributed by atoms with Crippen molar-refractivity contribution >= 4 is 57.4 Å². The summed E-state index contributed by atoms with van der Waals surface area (Å²) in [6.45, 7) is 2.78. The van der Waals surface area contributed by atoms with Gasteiger partial charge in [0.1, 0.15) is 17.1 Å². The minimum atomic E-state index is -3.67. The molecule has 332 valence electrons. The van der Waals surface area contributed by atoms with Crippen LogP contribution >= 0.6 is 0 Å². The summed E-state index contributed by atoms with van der Waals surface area (Å²) in [5.74, 6) is -7.64. The first-order valence-electron chi connectivity index (χ1n) is 21.4. The number of morpholine rings is 1. The van der Waals surface area contributed by atoms with E-state index in [9.17, 15) is 28.0 Å². The average Bonchev–Trinajstić information content (AvgIpc) is 4.13. The molecule has 4 amide bonds. The Labute approximate surface area is 356 Å². The van der Waals surface area contributed by atoms with Crippen LogP contribution in [0.4, 0.5) is 34.8 Å². The number of nitrogens with zero attached hydrogens (tertiary/aromatic N) is 8. The van der Waals surface area contributed by atoms with Gasteiger partial charge in [-0.1, -0.05) is 11.2 Å². The Balaban J connectivity index is 0.719. The largest absolute Gasteiger partial charge is 0.374 e. The van der Waals surface area contributed by atoms with Gasteiger partial charge in [-0.3, -0.25) is 29.2 Å². The molecule has 5 aliphatic rings. The first-order valence-corrected chi connectivity index (χ1v) is 21.4. The molecular weight excluding hydrogens is 831 g/mol. The summed E-state index contributed by atoms with van der Waals surface area (Å²) < 4.78 is 74.1. The molecule has 0 spiro atoms. The van der Waals surface area contributed by atoms with E-state index >= 15 is 8.78 Å². The summed E-state index contributed by atoms with van der Waals surface area (Å²) >= 11 is 0. The maximum atomic E-state index is 15.7. The lowest BCUT2D eigenvalue weighted by Crippen LogP contribution is -2.47. The number of amides is 4. The monoisotopic (exact) mass is 875 g/mol. The molecule has 0 unspecified atom stereocenters. The Morgan fingerprint density at radius 1 is 0.984 bits per heavy atom. The number of fused-ring (bicyclic) bond motifs is 4. The summed E-state index contributed by atoms with van der Waals surface area (Å²) in [5, 5.41) is 20.1. The molecule has 4 aliphatic heterocycles. The van der Waals surface area contributed by atoms with Crippen molar-refractivity contribution in [3.63, 3.8) is 0 Å². The van der Waals surface area contributed by atoms with Crippen LogP contribution in [0.1, 0.15) is 97.9 Å². The number of ether oxygens (including phenoxy) is 1. The number of hydrogen-bond donors (Lipinski definition) is 3. The van der Waals surface area contributed by atoms with E-state index in [1.54, 1.807) is 18.3 Å². The number of alkyl halides is 4. The number of benzene rings is 1. The van der Waals surface area contributed by atoms with Crippen molar-refractivity contribution < 1.29 is 46.0 Å². The second kappa shape index (κ2) is 16.3. The summed E-state index contributed by atoms with van der Waals surface area (Å²) in [6.07, 6.45) is 6.13. The Bertz CT molecular complexity index is 2580. The second-order valence-electron chi connectivity index (χ2n) is 17.4. The smallest absolute Gasteiger partial charge is 0.327 e. The molecule has 5 aromatic rings. The van der Waals surface area contributed by atoms with Crippen LogP contribution in [-0.4, -0.2) is 109 Å². The number of carbonyl (C=O) groups excluding carboxylic acids is 4. The highest BCUT2D eigenvalue weighted by Crippen LogP contribution is 2.40. The normalized spacial score (nSPS) is 24.8. The second-order valence-corrected chi connectivity index (χ2v) is 17.4. The van der Waals surface area contributed by atoms with Crippen molar-refractivity contribution in [2.75, 3.05) is 48.3 Å². The topological polar surface area (TPSA) is 194 Å². The summed E-state index contributed by atoms with van der Waals surface area (Å²) in [5.41, 5.74) is 0.188. The molecule has 1 aromatic carbocycles. The lowest BCUT2D eigenvalue weighted by molar-refractivity contribution is -0.151. The number of imide groups is 1. The van der Waals surface area contributed by atoms with Crippen LogP contribution in [0.15, 0.2) is 47.4 Å². The third-order valence-electron chi connectivity index (χ3n) is 13.5. The Hall–Kier alpha value is -5.96. The lowest BCUT2D eigenvalue weighted by Gasteiger charge is -2.38. The number of nitrogens with one attached hydrogen (secondary N) is 3. The van der Waals surface area contributed by atoms with Crippen LogP contribution in [0.25, 0.3) is 16.6 Å². The highest BCUT2D eigenvalue weighted by molar-refractivity contribution is 6.08. The fourth-order valence-corrected chi connectivity index (χ4v) is 10.0. The molecule has 1 saturated carbocycles. The van der Waals surface area contributed by atoms with Crippen molar-refractivity contribution in [1.82, 2.24) is 39.8 Å². The van der Waals surface area contributed by atoms with Gasteiger partial charge >= 0.3 is 5.92 Å². The van der Waals surface area contributed by atoms with Crippen LogP contribution in [0.5, 0.6) is 0 Å². The van der Waals surface area contributed by atoms with Gasteiger partial charge in [0.25, 0.3) is 18.2 Å². The van der Waals surface area contributed by atoms with Crippen molar-refractivity contribution in [2.45, 2.75) is 94.2 Å². The van der Waals surface area contributed by atoms with Crippen LogP contribution in [0.3, 0.4) is 0 Å². The van der Waals surface area contributed by atoms with E-state index in [-0.39, 0.29) is 83.9 Å². The van der Waals surface area contributed by atoms with Crippen molar-refractivity contribution in [2.24, 2.45) is 11.8 Å². The zero-order valence-electron chi connectivity index (χ0n) is 34.0. The number of halogens is 4. The molecule has 4 aromatic heterocycles. The van der Waals surface area contributed by atoms with Crippen molar-refractivity contribution in [1.29, 1.82) is 0 Å². The number of piperidine rings is 2. The van der Waals surface area contributed by atoms with Crippen LogP contribution in [0, 0.1) is 11.8 Å². The van der Waals surface area contributed by atoms with E-state index < -0.39 is 47.6 Å². The predicted molar refractivity (Wildman–Crippen MR) is 216 cm³/mol. The predicted octanol–water partition coefficient (Wildman–Crippen LogP) is 5.47. The molecule has 1 aliphatic carbocycles. The van der Waals surface area contributed by atoms with Crippen molar-refractivity contribution in [3.05, 3.63) is 59.8 Å². The maximum absolute atomic E-state index is 15.7. The number of likely N-dealkylation sites (tertiary alicyclic amines) is 1. The molecule has 17 nitrogen and oxygen atoms in total. The first kappa shape index (κ1) is 41.1. The molecule has 8 heterocycles. The van der Waals surface area contributed by atoms with Gasteiger partial charge in [0.05, 0.1) is 48.3 Å². The molecular formula is C42H45F4N11O6. The molecule has 21 heteroatoms. The maximum Gasteiger partial charge on any atom is 0.327 e. The van der Waals surface area contributed by atoms with Gasteiger partial charge in [-0.25, -0.2) is 18.3 Å². The van der Waals surface area contributed by atoms with Crippen LogP contribution in [0.2, 0.25) is 0 Å². The minimum absolute atomic E-state index is 0.00736. The number of carbonyl (C=O) groups is 4. The van der Waals surface area contributed by atoms with Gasteiger partial charge in [-0.2, -0.15) is 19.0 Å². The van der Waals surface area contributed by atoms with Crippen LogP contribution < -0.4 is 20.9 Å². The number of aromatic nitrogens is 6. The number of hydrogen-bond acceptors (Lipinski definition) is 12. The lowest BCUT2D eigenvalue weighted by atomic mass is 9.84. The van der Waals surface area contributed by atoms with Gasteiger partial charge in [0.2, 0.25) is 11.8 Å². The van der Waals surface area contributed by atoms with Gasteiger partial charge in [0.15, 0.2) is 16.9 Å². The Kier molecular flexibility index (Phi) is 10.6. The van der Waals surface area contributed by atoms with E-state index in [0.717, 1.165) is 19.3 Å². The van der Waals surface area contributed by atoms with Crippen LogP contribution in [-0.2, 0) is 19.1 Å². The average molecular weight is 876 g/mol. The zero-order valence-corrected chi connectivity index (χ0v) is 34.0. The summed E-state index contributed by atoms with van der Waals surface area (Å²) in [6, 6.07) is 6.47. The summed E-state index contributed by atoms with van der Waals surface area (Å²) in [7, 11) is 0. The van der Waals surface area contributed by atoms with Gasteiger partial charge < -0.3 is 29.7 Å². The highest BCUT2D eigenvalue weighted by Gasteiger charge is 2.48. The molecule has 3 atom stereocenters. The minimum Gasteiger partial charge on any atom is -0.374 e. The van der Waals surface area contributed by atoms with E-state index in [2.05, 4.69) is 41.1 Å². The van der Waals surface area contributed by atoms with E-state index in [0.29, 0.717) is 62.5 Å². The zero-order chi connectivity index (χ0) is 43.6. The molecule has 2 bridgehead atoms. The van der Waals surface area contributed by atoms with Gasteiger partial charge in [-0.15, -0.1) is 0 Å². The molecule has 4 saturated heterocycles. The van der Waals surface area contributed by atoms with E-state index in [1.165, 1.54) is 27.7 Å². The van der Waals surface area contributed by atoms with Crippen molar-refractivity contribution in [3.8, 4) is 0 Å². The van der Waals surface area contributed by atoms with E-state index in [1.807, 2.05) is 6.07 Å². The molecule has 63 heavy (non-hydrogen) atoms. The molecule has 5 fully saturated rings. The molecule has 10 rings (SSSR count). The Morgan fingerprint density at radius 3 is 2.52 bits per heavy atom. The fraction of sp³-hybridized carbons (Fsp3) is 0.524. The van der Waals surface area contributed by atoms with Gasteiger partial charge in [0, 0.05) is 43.2 Å². The van der Waals surface area contributed by atoms with Gasteiger partial charge in [-0.05, 0) is 88.6 Å². The Morgan fingerprint density at radius 2 is 1.79 bits per heavy atom. The standard InChI is InChI=1S/C42H45F4N11O6/c43-37(44)35-31(48-40(60)29-17-47-56-15-12-32(50-38(29)56)55-19-26-16-25(55)21-62-26)20-57(52-35)24-6-4-22(5-7-24)18-54-13-10-23(11-14-54)42(45,46)41(61)49-30-3-1-2-27-34(53-63-36(27)30)28-8-9-33(58)51-39(28)59/h1-3,12,15,17,20,22-26,28,37H,4-11,13-14,16,18-19,21H2,(H,48,60)(H,49,61)(H,51,58,59)/t22?,24?,25-,26-,28-/m1/s1. The molecule has 0 radical (unpaired) electrons. The summed E-state index contributed by atoms with van der Waals surface area (Å²) in [4.78, 5) is 59.7. The third kappa shape index (κ3) is 7.78. The SMILES string of the molecule is O=C1CC[C@H](c2noc3c(NC(=O)C(F)(F)C4CCN(CC5CCC(n6cc(NC(=O)c7cnn8ccc(N9C[C@H]%10C[C@@H]9CO%10)nc78)c(C(F)F)n6)CC5)CC4)cccc23)C(=O)N1. The number of para-hydroxylation sites is 1. The number of anilines is 3. The quantitative estimate of drug-likeness (QED) is 0.112. The number of rotatable bonds is 11. The first-order chi connectivity index (χ1) is 30.4. The van der Waals surface area contributed by atoms with E-state index in [4.69, 9.17) is 14.2 Å². The fourth-order valence-electron chi connectivity index (χ4n) is 10.0.